The van der Waals surface area contributed by atoms with Gasteiger partial charge >= 0.3 is 0 Å². The van der Waals surface area contributed by atoms with Crippen LogP contribution in [0.2, 0.25) is 0 Å². The lowest BCUT2D eigenvalue weighted by Crippen LogP contribution is -2.58. The highest BCUT2D eigenvalue weighted by molar-refractivity contribution is 6.22. The first-order chi connectivity index (χ1) is 19.4. The summed E-state index contributed by atoms with van der Waals surface area (Å²) in [5.74, 6) is -5.49. The Balaban J connectivity index is 1.64. The van der Waals surface area contributed by atoms with Crippen molar-refractivity contribution in [2.75, 3.05) is 13.7 Å². The minimum Gasteiger partial charge on any atom is -0.508 e. The van der Waals surface area contributed by atoms with Crippen molar-refractivity contribution in [3.05, 3.63) is 63.9 Å². The van der Waals surface area contributed by atoms with Crippen LogP contribution in [0, 0.1) is 17.8 Å². The molecule has 2 aromatic rings. The van der Waals surface area contributed by atoms with Crippen LogP contribution in [0.3, 0.4) is 0 Å². The van der Waals surface area contributed by atoms with Gasteiger partial charge in [-0.15, -0.1) is 0 Å². The van der Waals surface area contributed by atoms with Crippen LogP contribution in [0.4, 0.5) is 0 Å². The lowest BCUT2D eigenvalue weighted by Gasteiger charge is -2.46. The fraction of sp³-hybridized carbons (Fsp3) is 0.387. The minimum atomic E-state index is -2.59. The van der Waals surface area contributed by atoms with Gasteiger partial charge in [-0.3, -0.25) is 14.4 Å². The molecule has 216 valence electrons. The van der Waals surface area contributed by atoms with Crippen molar-refractivity contribution in [3.8, 4) is 22.6 Å². The molecule has 1 amide bonds. The number of hydrogen-bond acceptors (Lipinski definition) is 9. The van der Waals surface area contributed by atoms with Crippen molar-refractivity contribution in [2.45, 2.75) is 45.3 Å². The predicted octanol–water partition coefficient (Wildman–Crippen LogP) is 2.85. The lowest BCUT2D eigenvalue weighted by atomic mass is 9.59. The summed E-state index contributed by atoms with van der Waals surface area (Å²) in [7, 11) is 1.55. The molecule has 1 fully saturated rings. The van der Waals surface area contributed by atoms with Crippen molar-refractivity contribution >= 4 is 23.2 Å². The van der Waals surface area contributed by atoms with Gasteiger partial charge in [-0.2, -0.15) is 0 Å². The molecule has 10 nitrogen and oxygen atoms in total. The number of ketones is 2. The molecule has 0 bridgehead atoms. The van der Waals surface area contributed by atoms with Crippen molar-refractivity contribution in [2.24, 2.45) is 23.5 Å². The zero-order chi connectivity index (χ0) is 29.8. The first kappa shape index (κ1) is 28.4. The fourth-order valence-electron chi connectivity index (χ4n) is 6.45. The van der Waals surface area contributed by atoms with Gasteiger partial charge in [-0.25, -0.2) is 0 Å². The quantitative estimate of drug-likeness (QED) is 0.277. The molecular formula is C31H34N2O8. The second-order valence-corrected chi connectivity index (χ2v) is 11.5. The maximum atomic E-state index is 13.7. The number of nitrogens with two attached hydrogens (primary N) is 1. The summed E-state index contributed by atoms with van der Waals surface area (Å²) in [5.41, 5.74) is 4.73. The van der Waals surface area contributed by atoms with E-state index >= 15 is 0 Å². The van der Waals surface area contributed by atoms with Gasteiger partial charge in [0, 0.05) is 30.0 Å². The second-order valence-electron chi connectivity index (χ2n) is 11.5. The number of Topliss-reactive ketones (excluding diaryl/α,β-unsaturated/α-hetero) is 2. The third kappa shape index (κ3) is 4.47. The summed E-state index contributed by atoms with van der Waals surface area (Å²) in [6, 6.07) is 8.94. The van der Waals surface area contributed by atoms with Gasteiger partial charge in [0.2, 0.25) is 5.78 Å². The van der Waals surface area contributed by atoms with E-state index in [2.05, 4.69) is 19.2 Å². The molecule has 0 spiro atoms. The van der Waals surface area contributed by atoms with Crippen LogP contribution in [0.1, 0.15) is 43.4 Å². The van der Waals surface area contributed by atoms with Crippen LogP contribution in [0.5, 0.6) is 11.5 Å². The van der Waals surface area contributed by atoms with Gasteiger partial charge in [0.25, 0.3) is 5.91 Å². The van der Waals surface area contributed by atoms with Gasteiger partial charge in [0.1, 0.15) is 28.6 Å². The highest BCUT2D eigenvalue weighted by atomic mass is 16.5. The van der Waals surface area contributed by atoms with E-state index in [1.807, 2.05) is 18.2 Å². The number of rotatable bonds is 7. The number of methoxy groups -OCH3 is 1. The number of phenols is 1. The molecule has 10 heteroatoms. The smallest absolute Gasteiger partial charge is 0.255 e. The SMILES string of the molecule is COc1ccc(CNCC(C)C)cc1-c1ccc(O)c2c1C[C@H]1CC3CC(=O)C(C(N)=O)=C(O)[C@@]3(O)C(=O)C1=C2O. The number of aromatic hydroxyl groups is 1. The average Bonchev–Trinajstić information content (AvgIpc) is 2.90. The Morgan fingerprint density at radius 1 is 1.12 bits per heavy atom. The molecule has 5 rings (SSSR count). The summed E-state index contributed by atoms with van der Waals surface area (Å²) in [4.78, 5) is 38.2. The van der Waals surface area contributed by atoms with Gasteiger partial charge in [0.05, 0.1) is 12.7 Å². The molecule has 3 atom stereocenters. The Hall–Kier alpha value is -4.15. The number of nitrogens with one attached hydrogen (secondary N) is 1. The predicted molar refractivity (Wildman–Crippen MR) is 150 cm³/mol. The number of primary amides is 1. The number of aliphatic hydroxyl groups excluding tert-OH is 2. The van der Waals surface area contributed by atoms with Crippen molar-refractivity contribution < 1.29 is 39.5 Å². The van der Waals surface area contributed by atoms with E-state index in [1.54, 1.807) is 13.2 Å². The standard InChI is InChI=1S/C31H34N2O8/c1-14(2)12-33-13-15-4-7-23(41-3)19(8-15)18-5-6-21(34)25-20(18)10-16-9-17-11-22(35)26(30(32)39)29(38)31(17,40)28(37)24(16)27(25)36/h4-8,14,16-17,33-34,36,38,40H,9-13H2,1-3H3,(H2,32,39)/t16-,17?,31+/m1/s1. The maximum absolute atomic E-state index is 13.7. The molecule has 7 N–H and O–H groups in total. The average molecular weight is 563 g/mol. The molecule has 0 aromatic heterocycles. The van der Waals surface area contributed by atoms with E-state index in [0.29, 0.717) is 29.3 Å². The number of carbonyl (C=O) groups is 3. The third-order valence-corrected chi connectivity index (χ3v) is 8.38. The maximum Gasteiger partial charge on any atom is 0.255 e. The number of fused-ring (bicyclic) bond motifs is 3. The monoisotopic (exact) mass is 562 g/mol. The summed E-state index contributed by atoms with van der Waals surface area (Å²) in [5, 5.41) is 47.9. The van der Waals surface area contributed by atoms with E-state index in [0.717, 1.165) is 17.7 Å². The Kier molecular flexibility index (Phi) is 7.17. The number of hydrogen-bond donors (Lipinski definition) is 6. The molecular weight excluding hydrogens is 528 g/mol. The highest BCUT2D eigenvalue weighted by Crippen LogP contribution is 2.53. The van der Waals surface area contributed by atoms with Crippen LogP contribution < -0.4 is 15.8 Å². The molecule has 0 aliphatic heterocycles. The number of phenolic OH excluding ortho intramolecular Hbond substituents is 1. The topological polar surface area (TPSA) is 179 Å². The van der Waals surface area contributed by atoms with Crippen LogP contribution in [-0.2, 0) is 27.3 Å². The Morgan fingerprint density at radius 2 is 1.85 bits per heavy atom. The van der Waals surface area contributed by atoms with Gasteiger partial charge in [-0.1, -0.05) is 26.0 Å². The number of carbonyl (C=O) groups excluding carboxylic acids is 3. The van der Waals surface area contributed by atoms with E-state index in [4.69, 9.17) is 10.5 Å². The van der Waals surface area contributed by atoms with Crippen molar-refractivity contribution in [3.63, 3.8) is 0 Å². The molecule has 1 unspecified atom stereocenters. The molecule has 3 aliphatic rings. The van der Waals surface area contributed by atoms with Crippen molar-refractivity contribution in [1.29, 1.82) is 0 Å². The van der Waals surface area contributed by atoms with Crippen LogP contribution >= 0.6 is 0 Å². The van der Waals surface area contributed by atoms with E-state index < -0.39 is 52.0 Å². The van der Waals surface area contributed by atoms with Crippen LogP contribution in [-0.4, -0.2) is 57.2 Å². The summed E-state index contributed by atoms with van der Waals surface area (Å²) >= 11 is 0. The number of amides is 1. The number of benzene rings is 2. The molecule has 1 saturated carbocycles. The van der Waals surface area contributed by atoms with Crippen molar-refractivity contribution in [1.82, 2.24) is 5.32 Å². The Labute approximate surface area is 237 Å². The lowest BCUT2D eigenvalue weighted by molar-refractivity contribution is -0.147. The molecule has 2 aromatic carbocycles. The Bertz CT molecular complexity index is 1540. The van der Waals surface area contributed by atoms with Gasteiger partial charge in [-0.05, 0) is 66.1 Å². The Morgan fingerprint density at radius 3 is 2.51 bits per heavy atom. The van der Waals surface area contributed by atoms with Crippen LogP contribution in [0.25, 0.3) is 16.9 Å². The van der Waals surface area contributed by atoms with Gasteiger partial charge in [0.15, 0.2) is 11.4 Å². The molecule has 0 heterocycles. The second kappa shape index (κ2) is 10.4. The minimum absolute atomic E-state index is 0.0417. The van der Waals surface area contributed by atoms with E-state index in [1.165, 1.54) is 6.07 Å². The van der Waals surface area contributed by atoms with E-state index in [-0.39, 0.29) is 36.1 Å². The number of aliphatic hydroxyl groups is 3. The highest BCUT2D eigenvalue weighted by Gasteiger charge is 2.60. The first-order valence-electron chi connectivity index (χ1n) is 13.6. The fourth-order valence-corrected chi connectivity index (χ4v) is 6.45. The molecule has 0 radical (unpaired) electrons. The first-order valence-corrected chi connectivity index (χ1v) is 13.6. The summed E-state index contributed by atoms with van der Waals surface area (Å²) in [6.07, 6.45) is -0.0977. The largest absolute Gasteiger partial charge is 0.508 e. The zero-order valence-corrected chi connectivity index (χ0v) is 23.2. The zero-order valence-electron chi connectivity index (χ0n) is 23.2. The van der Waals surface area contributed by atoms with E-state index in [9.17, 15) is 34.8 Å². The molecule has 41 heavy (non-hydrogen) atoms. The normalized spacial score (nSPS) is 23.8. The summed E-state index contributed by atoms with van der Waals surface area (Å²) in [6.45, 7) is 5.71. The summed E-state index contributed by atoms with van der Waals surface area (Å²) < 4.78 is 5.65. The number of ether oxygens (including phenoxy) is 1. The third-order valence-electron chi connectivity index (χ3n) is 8.38. The molecule has 3 aliphatic carbocycles. The van der Waals surface area contributed by atoms with Crippen LogP contribution in [0.15, 0.2) is 47.2 Å². The molecule has 0 saturated heterocycles. The van der Waals surface area contributed by atoms with Gasteiger partial charge < -0.3 is 36.2 Å².